The van der Waals surface area contributed by atoms with E-state index in [0.29, 0.717) is 0 Å². The van der Waals surface area contributed by atoms with Crippen LogP contribution < -0.4 is 10.6 Å². The number of benzene rings is 1. The molecule has 0 spiro atoms. The number of nitrogens with one attached hydrogen (secondary N) is 2. The van der Waals surface area contributed by atoms with Crippen molar-refractivity contribution in [1.29, 1.82) is 0 Å². The van der Waals surface area contributed by atoms with Gasteiger partial charge in [0.25, 0.3) is 0 Å². The molecule has 0 aliphatic carbocycles. The summed E-state index contributed by atoms with van der Waals surface area (Å²) in [6.45, 7) is 13.5. The minimum Gasteiger partial charge on any atom is -0.357 e. The Labute approximate surface area is 198 Å². The summed E-state index contributed by atoms with van der Waals surface area (Å²) >= 11 is 0. The van der Waals surface area contributed by atoms with Crippen molar-refractivity contribution in [2.45, 2.75) is 33.2 Å². The Morgan fingerprint density at radius 3 is 2.77 bits per heavy atom. The van der Waals surface area contributed by atoms with Crippen LogP contribution in [0.25, 0.3) is 11.0 Å². The lowest BCUT2D eigenvalue weighted by Crippen LogP contribution is -2.42. The fourth-order valence-electron chi connectivity index (χ4n) is 3.90. The van der Waals surface area contributed by atoms with E-state index in [-0.39, 0.29) is 24.0 Å². The van der Waals surface area contributed by atoms with Gasteiger partial charge in [-0.3, -0.25) is 4.99 Å². The Balaban J connectivity index is 0.00000320. The fraction of sp³-hybridized carbons (Fsp3) is 0.636. The highest BCUT2D eigenvalue weighted by Crippen LogP contribution is 2.15. The molecular weight excluding hydrogens is 489 g/mol. The molecule has 1 aliphatic heterocycles. The second kappa shape index (κ2) is 13.1. The van der Waals surface area contributed by atoms with Crippen LogP contribution in [-0.4, -0.2) is 84.7 Å². The molecule has 1 aliphatic rings. The van der Waals surface area contributed by atoms with Crippen molar-refractivity contribution in [1.82, 2.24) is 30.0 Å². The smallest absolute Gasteiger partial charge is 0.191 e. The first-order valence-electron chi connectivity index (χ1n) is 11.0. The molecule has 3 rings (SSSR count). The lowest BCUT2D eigenvalue weighted by Gasteiger charge is -2.21. The predicted molar refractivity (Wildman–Crippen MR) is 137 cm³/mol. The van der Waals surface area contributed by atoms with Gasteiger partial charge in [-0.25, -0.2) is 4.98 Å². The van der Waals surface area contributed by atoms with Crippen molar-refractivity contribution in [3.63, 3.8) is 0 Å². The maximum absolute atomic E-state index is 4.77. The molecule has 0 saturated carbocycles. The monoisotopic (exact) mass is 527 g/mol. The van der Waals surface area contributed by atoms with Crippen molar-refractivity contribution in [3.05, 3.63) is 30.1 Å². The first-order chi connectivity index (χ1) is 14.2. The molecule has 8 heteroatoms. The number of aryl methyl sites for hydroxylation is 2. The lowest BCUT2D eigenvalue weighted by molar-refractivity contribution is 0.280. The normalized spacial score (nSPS) is 16.3. The number of guanidine groups is 1. The summed E-state index contributed by atoms with van der Waals surface area (Å²) in [5.41, 5.74) is 2.28. The van der Waals surface area contributed by atoms with Gasteiger partial charge >= 0.3 is 0 Å². The highest BCUT2D eigenvalue weighted by molar-refractivity contribution is 14.0. The van der Waals surface area contributed by atoms with Gasteiger partial charge in [0.1, 0.15) is 5.82 Å². The van der Waals surface area contributed by atoms with E-state index >= 15 is 0 Å². The van der Waals surface area contributed by atoms with Crippen LogP contribution in [0, 0.1) is 6.92 Å². The topological polar surface area (TPSA) is 60.7 Å². The van der Waals surface area contributed by atoms with Gasteiger partial charge < -0.3 is 25.0 Å². The van der Waals surface area contributed by atoms with Crippen molar-refractivity contribution in [2.75, 3.05) is 59.4 Å². The third kappa shape index (κ3) is 7.39. The Hall–Kier alpha value is -1.39. The number of nitrogens with zero attached hydrogens (tertiary/aromatic N) is 5. The van der Waals surface area contributed by atoms with Gasteiger partial charge in [0.15, 0.2) is 5.96 Å². The lowest BCUT2D eigenvalue weighted by atomic mass is 10.3. The standard InChI is InChI=1S/C22H37N7.HI/c1-4-23-22(25-12-16-28-14-8-13-27(3)17-18-28)24-11-7-15-29-19(2)26-20-9-5-6-10-21(20)29;/h5-6,9-10H,4,7-8,11-18H2,1-3H3,(H2,23,24,25);1H. The van der Waals surface area contributed by atoms with Crippen molar-refractivity contribution < 1.29 is 0 Å². The molecule has 2 aromatic rings. The van der Waals surface area contributed by atoms with Crippen molar-refractivity contribution in [3.8, 4) is 0 Å². The molecular formula is C22H38IN7. The number of likely N-dealkylation sites (N-methyl/N-ethyl adjacent to an activating group) is 1. The zero-order valence-corrected chi connectivity index (χ0v) is 21.1. The van der Waals surface area contributed by atoms with Crippen LogP contribution in [0.3, 0.4) is 0 Å². The van der Waals surface area contributed by atoms with Crippen LogP contribution in [0.2, 0.25) is 0 Å². The van der Waals surface area contributed by atoms with Crippen LogP contribution in [0.4, 0.5) is 0 Å². The van der Waals surface area contributed by atoms with Crippen molar-refractivity contribution >= 4 is 41.0 Å². The van der Waals surface area contributed by atoms with Crippen LogP contribution in [0.1, 0.15) is 25.6 Å². The largest absolute Gasteiger partial charge is 0.357 e. The minimum absolute atomic E-state index is 0. The molecule has 0 unspecified atom stereocenters. The molecule has 2 N–H and O–H groups in total. The fourth-order valence-corrected chi connectivity index (χ4v) is 3.90. The Morgan fingerprint density at radius 2 is 1.93 bits per heavy atom. The van der Waals surface area contributed by atoms with Gasteiger partial charge in [-0.05, 0) is 59.0 Å². The van der Waals surface area contributed by atoms with Crippen LogP contribution in [0.5, 0.6) is 0 Å². The number of hydrogen-bond donors (Lipinski definition) is 2. The number of halogens is 1. The SMILES string of the molecule is CCNC(=NCCCn1c(C)nc2ccccc21)NCCN1CCCN(C)CC1.I. The molecule has 0 bridgehead atoms. The first-order valence-corrected chi connectivity index (χ1v) is 11.0. The molecule has 1 aromatic carbocycles. The van der Waals surface area contributed by atoms with E-state index in [1.165, 1.54) is 25.0 Å². The zero-order chi connectivity index (χ0) is 20.5. The summed E-state index contributed by atoms with van der Waals surface area (Å²) < 4.78 is 2.29. The van der Waals surface area contributed by atoms with Gasteiger partial charge in [0.05, 0.1) is 11.0 Å². The number of aliphatic imine (C=N–C) groups is 1. The summed E-state index contributed by atoms with van der Waals surface area (Å²) in [7, 11) is 2.21. The van der Waals surface area contributed by atoms with Gasteiger partial charge in [-0.15, -0.1) is 24.0 Å². The van der Waals surface area contributed by atoms with Crippen molar-refractivity contribution in [2.24, 2.45) is 4.99 Å². The minimum atomic E-state index is 0. The Kier molecular flexibility index (Phi) is 10.9. The molecule has 168 valence electrons. The average Bonchev–Trinajstić information content (AvgIpc) is 2.88. The van der Waals surface area contributed by atoms with E-state index in [2.05, 4.69) is 69.1 Å². The quantitative estimate of drug-likeness (QED) is 0.239. The van der Waals surface area contributed by atoms with E-state index in [4.69, 9.17) is 4.99 Å². The molecule has 2 heterocycles. The number of rotatable bonds is 8. The molecule has 1 fully saturated rings. The number of hydrogen-bond acceptors (Lipinski definition) is 4. The Bertz CT molecular complexity index is 789. The number of imidazole rings is 1. The third-order valence-corrected chi connectivity index (χ3v) is 5.53. The van der Waals surface area contributed by atoms with E-state index in [1.54, 1.807) is 0 Å². The van der Waals surface area contributed by atoms with Gasteiger partial charge in [-0.1, -0.05) is 12.1 Å². The highest BCUT2D eigenvalue weighted by atomic mass is 127. The highest BCUT2D eigenvalue weighted by Gasteiger charge is 2.11. The second-order valence-electron chi connectivity index (χ2n) is 7.84. The zero-order valence-electron chi connectivity index (χ0n) is 18.7. The van der Waals surface area contributed by atoms with Gasteiger partial charge in [-0.2, -0.15) is 0 Å². The summed E-state index contributed by atoms with van der Waals surface area (Å²) in [6.07, 6.45) is 2.25. The number of para-hydroxylation sites is 2. The predicted octanol–water partition coefficient (Wildman–Crippen LogP) is 2.55. The summed E-state index contributed by atoms with van der Waals surface area (Å²) in [6, 6.07) is 8.34. The van der Waals surface area contributed by atoms with Gasteiger partial charge in [0.2, 0.25) is 0 Å². The molecule has 0 amide bonds. The first kappa shape index (κ1) is 24.9. The van der Waals surface area contributed by atoms with Gasteiger partial charge in [0, 0.05) is 45.8 Å². The van der Waals surface area contributed by atoms with E-state index in [9.17, 15) is 0 Å². The van der Waals surface area contributed by atoms with E-state index < -0.39 is 0 Å². The van der Waals surface area contributed by atoms with E-state index in [1.807, 2.05) is 6.07 Å². The second-order valence-corrected chi connectivity index (χ2v) is 7.84. The Morgan fingerprint density at radius 1 is 1.10 bits per heavy atom. The average molecular weight is 527 g/mol. The molecule has 1 aromatic heterocycles. The molecule has 1 saturated heterocycles. The summed E-state index contributed by atoms with van der Waals surface area (Å²) in [5.74, 6) is 2.00. The van der Waals surface area contributed by atoms with E-state index in [0.717, 1.165) is 69.5 Å². The maximum atomic E-state index is 4.77. The molecule has 0 radical (unpaired) electrons. The molecule has 30 heavy (non-hydrogen) atoms. The summed E-state index contributed by atoms with van der Waals surface area (Å²) in [5, 5.41) is 6.87. The molecule has 7 nitrogen and oxygen atoms in total. The van der Waals surface area contributed by atoms with Crippen LogP contribution >= 0.6 is 24.0 Å². The third-order valence-electron chi connectivity index (χ3n) is 5.53. The van der Waals surface area contributed by atoms with Crippen LogP contribution in [0.15, 0.2) is 29.3 Å². The van der Waals surface area contributed by atoms with Crippen LogP contribution in [-0.2, 0) is 6.54 Å². The summed E-state index contributed by atoms with van der Waals surface area (Å²) in [4.78, 5) is 14.4. The molecule has 0 atom stereocenters. The maximum Gasteiger partial charge on any atom is 0.191 e. The number of fused-ring (bicyclic) bond motifs is 1. The number of aromatic nitrogens is 2.